The molecule has 0 atom stereocenters. The molecule has 8 heteroatoms. The highest BCUT2D eigenvalue weighted by Gasteiger charge is 2.28. The number of hydrogen-bond acceptors (Lipinski definition) is 5. The number of carbonyl (C=O) groups excluding carboxylic acids is 1. The number of nitrogens with zero attached hydrogens (tertiary/aromatic N) is 5. The van der Waals surface area contributed by atoms with Gasteiger partial charge in [0.15, 0.2) is 5.82 Å². The molecule has 1 aliphatic heterocycles. The predicted molar refractivity (Wildman–Crippen MR) is 103 cm³/mol. The maximum absolute atomic E-state index is 12.8. The van der Waals surface area contributed by atoms with Crippen LogP contribution in [0.15, 0.2) is 35.3 Å². The van der Waals surface area contributed by atoms with Gasteiger partial charge in [-0.25, -0.2) is 4.98 Å². The Morgan fingerprint density at radius 3 is 2.71 bits per heavy atom. The lowest BCUT2D eigenvalue weighted by molar-refractivity contribution is 0.0668. The van der Waals surface area contributed by atoms with Crippen LogP contribution in [0.25, 0.3) is 10.9 Å². The highest BCUT2D eigenvalue weighted by Crippen LogP contribution is 2.38. The molecule has 2 aromatic heterocycles. The monoisotopic (exact) mass is 378 g/mol. The van der Waals surface area contributed by atoms with Crippen LogP contribution in [0.5, 0.6) is 0 Å². The number of aromatic amines is 1. The van der Waals surface area contributed by atoms with Crippen molar-refractivity contribution in [3.8, 4) is 0 Å². The first-order valence-electron chi connectivity index (χ1n) is 9.86. The van der Waals surface area contributed by atoms with Crippen LogP contribution in [-0.4, -0.2) is 48.9 Å². The molecule has 3 aromatic rings. The molecule has 1 saturated carbocycles. The van der Waals surface area contributed by atoms with Crippen LogP contribution in [0.4, 0.5) is 0 Å². The number of aromatic nitrogens is 5. The van der Waals surface area contributed by atoms with Crippen molar-refractivity contribution in [2.45, 2.75) is 38.1 Å². The SMILES string of the molecule is O=C(c1nc2ccccc2c(=O)[nH]1)N1CCC(Cn2cc(C3CC3)nn2)CC1. The first-order valence-corrected chi connectivity index (χ1v) is 9.86. The van der Waals surface area contributed by atoms with Crippen molar-refractivity contribution in [3.05, 3.63) is 52.3 Å². The van der Waals surface area contributed by atoms with Gasteiger partial charge < -0.3 is 9.88 Å². The van der Waals surface area contributed by atoms with Gasteiger partial charge in [-0.1, -0.05) is 17.3 Å². The fourth-order valence-corrected chi connectivity index (χ4v) is 3.89. The second kappa shape index (κ2) is 6.85. The molecule has 2 fully saturated rings. The molecule has 8 nitrogen and oxygen atoms in total. The zero-order valence-electron chi connectivity index (χ0n) is 15.5. The summed E-state index contributed by atoms with van der Waals surface area (Å²) in [6.07, 6.45) is 6.33. The Kier molecular flexibility index (Phi) is 4.18. The summed E-state index contributed by atoms with van der Waals surface area (Å²) in [5.41, 5.74) is 1.38. The quantitative estimate of drug-likeness (QED) is 0.748. The molecule has 5 rings (SSSR count). The summed E-state index contributed by atoms with van der Waals surface area (Å²) in [7, 11) is 0. The van der Waals surface area contributed by atoms with E-state index < -0.39 is 0 Å². The van der Waals surface area contributed by atoms with Crippen molar-refractivity contribution in [1.82, 2.24) is 29.9 Å². The van der Waals surface area contributed by atoms with Gasteiger partial charge in [-0.2, -0.15) is 0 Å². The van der Waals surface area contributed by atoms with Crippen molar-refractivity contribution >= 4 is 16.8 Å². The fourth-order valence-electron chi connectivity index (χ4n) is 3.89. The van der Waals surface area contributed by atoms with Gasteiger partial charge in [-0.05, 0) is 43.7 Å². The van der Waals surface area contributed by atoms with E-state index in [9.17, 15) is 9.59 Å². The van der Waals surface area contributed by atoms with Crippen molar-refractivity contribution in [1.29, 1.82) is 0 Å². The number of nitrogens with one attached hydrogen (secondary N) is 1. The van der Waals surface area contributed by atoms with Crippen LogP contribution in [0.3, 0.4) is 0 Å². The third-order valence-corrected chi connectivity index (χ3v) is 5.71. The maximum Gasteiger partial charge on any atom is 0.289 e. The van der Waals surface area contributed by atoms with Crippen LogP contribution in [-0.2, 0) is 6.54 Å². The fraction of sp³-hybridized carbons (Fsp3) is 0.450. The molecule has 0 unspecified atom stereocenters. The number of para-hydroxylation sites is 1. The molecule has 1 N–H and O–H groups in total. The van der Waals surface area contributed by atoms with Gasteiger partial charge >= 0.3 is 0 Å². The number of fused-ring (bicyclic) bond motifs is 1. The minimum atomic E-state index is -0.276. The van der Waals surface area contributed by atoms with Gasteiger partial charge in [0.2, 0.25) is 0 Å². The third-order valence-electron chi connectivity index (χ3n) is 5.71. The molecule has 1 amide bonds. The summed E-state index contributed by atoms with van der Waals surface area (Å²) in [6, 6.07) is 7.06. The molecule has 0 bridgehead atoms. The van der Waals surface area contributed by atoms with Crippen LogP contribution in [0.2, 0.25) is 0 Å². The zero-order chi connectivity index (χ0) is 19.1. The topological polar surface area (TPSA) is 96.8 Å². The van der Waals surface area contributed by atoms with Crippen molar-refractivity contribution < 1.29 is 4.79 Å². The number of benzene rings is 1. The number of hydrogen-bond donors (Lipinski definition) is 1. The number of rotatable bonds is 4. The number of piperidine rings is 1. The Balaban J connectivity index is 1.23. The smallest absolute Gasteiger partial charge is 0.289 e. The van der Waals surface area contributed by atoms with E-state index in [1.807, 2.05) is 10.7 Å². The Labute approximate surface area is 161 Å². The summed E-state index contributed by atoms with van der Waals surface area (Å²) in [5, 5.41) is 9.01. The Bertz CT molecular complexity index is 1080. The van der Waals surface area contributed by atoms with Gasteiger partial charge in [0, 0.05) is 31.7 Å². The number of amides is 1. The minimum absolute atomic E-state index is 0.118. The van der Waals surface area contributed by atoms with Gasteiger partial charge in [0.05, 0.1) is 16.6 Å². The first-order chi connectivity index (χ1) is 13.7. The number of likely N-dealkylation sites (tertiary alicyclic amines) is 1. The number of carbonyl (C=O) groups is 1. The van der Waals surface area contributed by atoms with Gasteiger partial charge in [-0.3, -0.25) is 14.3 Å². The maximum atomic E-state index is 12.8. The van der Waals surface area contributed by atoms with Crippen molar-refractivity contribution in [2.24, 2.45) is 5.92 Å². The molecular weight excluding hydrogens is 356 g/mol. The molecule has 0 spiro atoms. The Hall–Kier alpha value is -3.03. The molecule has 2 aliphatic rings. The summed E-state index contributed by atoms with van der Waals surface area (Å²) < 4.78 is 1.94. The minimum Gasteiger partial charge on any atom is -0.336 e. The largest absolute Gasteiger partial charge is 0.336 e. The number of H-pyrrole nitrogens is 1. The molecule has 144 valence electrons. The van der Waals surface area contributed by atoms with Crippen LogP contribution in [0, 0.1) is 5.92 Å². The van der Waals surface area contributed by atoms with Gasteiger partial charge in [-0.15, -0.1) is 5.10 Å². The van der Waals surface area contributed by atoms with E-state index in [1.165, 1.54) is 12.8 Å². The lowest BCUT2D eigenvalue weighted by Gasteiger charge is -2.31. The van der Waals surface area contributed by atoms with Crippen LogP contribution < -0.4 is 5.56 Å². The second-order valence-corrected chi connectivity index (χ2v) is 7.81. The summed E-state index contributed by atoms with van der Waals surface area (Å²) >= 11 is 0. The molecule has 1 aliphatic carbocycles. The highest BCUT2D eigenvalue weighted by atomic mass is 16.2. The highest BCUT2D eigenvalue weighted by molar-refractivity contribution is 5.92. The van der Waals surface area contributed by atoms with Crippen LogP contribution in [0.1, 0.15) is 47.9 Å². The lowest BCUT2D eigenvalue weighted by atomic mass is 9.97. The summed E-state index contributed by atoms with van der Waals surface area (Å²) in [4.78, 5) is 33.8. The van der Waals surface area contributed by atoms with E-state index in [0.717, 1.165) is 25.1 Å². The third kappa shape index (κ3) is 3.30. The van der Waals surface area contributed by atoms with Gasteiger partial charge in [0.1, 0.15) is 0 Å². The molecule has 28 heavy (non-hydrogen) atoms. The second-order valence-electron chi connectivity index (χ2n) is 7.81. The van der Waals surface area contributed by atoms with Crippen molar-refractivity contribution in [2.75, 3.05) is 13.1 Å². The standard InChI is InChI=1S/C20H22N6O2/c27-19-15-3-1-2-4-16(15)21-18(22-19)20(28)25-9-7-13(8-10-25)11-26-12-17(23-24-26)14-5-6-14/h1-4,12-14H,5-11H2,(H,21,22,27). The molecule has 1 aromatic carbocycles. The molecular formula is C20H22N6O2. The van der Waals surface area contributed by atoms with E-state index in [4.69, 9.17) is 0 Å². The predicted octanol–water partition coefficient (Wildman–Crippen LogP) is 1.94. The van der Waals surface area contributed by atoms with Gasteiger partial charge in [0.25, 0.3) is 11.5 Å². The van der Waals surface area contributed by atoms with Crippen LogP contribution >= 0.6 is 0 Å². The first kappa shape index (κ1) is 17.1. The zero-order valence-corrected chi connectivity index (χ0v) is 15.5. The normalized spacial score (nSPS) is 17.9. The Morgan fingerprint density at radius 1 is 1.14 bits per heavy atom. The van der Waals surface area contributed by atoms with Crippen molar-refractivity contribution in [3.63, 3.8) is 0 Å². The van der Waals surface area contributed by atoms with E-state index in [2.05, 4.69) is 26.5 Å². The molecule has 3 heterocycles. The lowest BCUT2D eigenvalue weighted by Crippen LogP contribution is -2.40. The summed E-state index contributed by atoms with van der Waals surface area (Å²) in [5.74, 6) is 0.997. The average Bonchev–Trinajstić information content (AvgIpc) is 3.47. The molecule has 1 saturated heterocycles. The molecule has 0 radical (unpaired) electrons. The van der Waals surface area contributed by atoms with E-state index in [-0.39, 0.29) is 17.3 Å². The Morgan fingerprint density at radius 2 is 1.93 bits per heavy atom. The van der Waals surface area contributed by atoms with E-state index in [1.54, 1.807) is 23.1 Å². The summed E-state index contributed by atoms with van der Waals surface area (Å²) in [6.45, 7) is 2.15. The average molecular weight is 378 g/mol. The van der Waals surface area contributed by atoms with E-state index in [0.29, 0.717) is 35.8 Å². The van der Waals surface area contributed by atoms with E-state index >= 15 is 0 Å².